The fourth-order valence-electron chi connectivity index (χ4n) is 1.94. The Labute approximate surface area is 127 Å². The van der Waals surface area contributed by atoms with Crippen molar-refractivity contribution >= 4 is 27.9 Å². The molecule has 1 amide bonds. The highest BCUT2D eigenvalue weighted by atomic mass is 32.1. The number of halogens is 1. The first-order valence-corrected chi connectivity index (χ1v) is 7.26. The summed E-state index contributed by atoms with van der Waals surface area (Å²) in [5.41, 5.74) is 7.25. The quantitative estimate of drug-likeness (QED) is 0.945. The molecule has 0 aliphatic heterocycles. The number of hydrogen-bond donors (Lipinski definition) is 1. The van der Waals surface area contributed by atoms with E-state index >= 15 is 0 Å². The summed E-state index contributed by atoms with van der Waals surface area (Å²) in [6.07, 6.45) is 0. The van der Waals surface area contributed by atoms with Crippen LogP contribution in [0.5, 0.6) is 0 Å². The van der Waals surface area contributed by atoms with Gasteiger partial charge in [0.15, 0.2) is 0 Å². The molecule has 2 rings (SSSR count). The molecule has 1 heterocycles. The molecular formula is C15H18FN3OS. The second kappa shape index (κ2) is 6.13. The van der Waals surface area contributed by atoms with Crippen molar-refractivity contribution in [2.75, 3.05) is 31.8 Å². The minimum absolute atomic E-state index is 0.108. The van der Waals surface area contributed by atoms with E-state index in [-0.39, 0.29) is 11.7 Å². The van der Waals surface area contributed by atoms with Crippen LogP contribution in [0.2, 0.25) is 0 Å². The summed E-state index contributed by atoms with van der Waals surface area (Å²) in [5.74, 6) is -0.363. The first-order chi connectivity index (χ1) is 9.88. The minimum Gasteiger partial charge on any atom is -0.397 e. The first kappa shape index (κ1) is 15.3. The Balaban J connectivity index is 2.18. The summed E-state index contributed by atoms with van der Waals surface area (Å²) in [6, 6.07) is 8.24. The van der Waals surface area contributed by atoms with Crippen molar-refractivity contribution in [2.24, 2.45) is 0 Å². The molecule has 21 heavy (non-hydrogen) atoms. The molecule has 0 aliphatic carbocycles. The van der Waals surface area contributed by atoms with Crippen LogP contribution in [-0.4, -0.2) is 32.0 Å². The molecule has 2 aromatic rings. The molecule has 0 spiro atoms. The molecule has 0 radical (unpaired) electrons. The van der Waals surface area contributed by atoms with Gasteiger partial charge in [-0.15, -0.1) is 11.3 Å². The lowest BCUT2D eigenvalue weighted by Gasteiger charge is -2.17. The van der Waals surface area contributed by atoms with Crippen LogP contribution in [-0.2, 0) is 6.54 Å². The van der Waals surface area contributed by atoms with E-state index in [2.05, 4.69) is 0 Å². The predicted molar refractivity (Wildman–Crippen MR) is 85.3 cm³/mol. The molecule has 0 aliphatic rings. The number of nitrogen functional groups attached to an aromatic ring is 1. The van der Waals surface area contributed by atoms with Crippen molar-refractivity contribution in [2.45, 2.75) is 6.54 Å². The van der Waals surface area contributed by atoms with Gasteiger partial charge in [0, 0.05) is 27.7 Å². The zero-order valence-corrected chi connectivity index (χ0v) is 13.1. The third kappa shape index (κ3) is 3.52. The number of benzene rings is 1. The van der Waals surface area contributed by atoms with Gasteiger partial charge in [-0.1, -0.05) is 12.1 Å². The number of anilines is 2. The second-order valence-electron chi connectivity index (χ2n) is 5.05. The lowest BCUT2D eigenvalue weighted by molar-refractivity contribution is 0.0833. The summed E-state index contributed by atoms with van der Waals surface area (Å²) < 4.78 is 13.2. The number of carbonyl (C=O) groups is 1. The van der Waals surface area contributed by atoms with Gasteiger partial charge in [0.05, 0.1) is 10.7 Å². The van der Waals surface area contributed by atoms with E-state index in [0.29, 0.717) is 17.1 Å². The van der Waals surface area contributed by atoms with Crippen LogP contribution < -0.4 is 10.6 Å². The molecular weight excluding hydrogens is 289 g/mol. The molecule has 4 nitrogen and oxygen atoms in total. The predicted octanol–water partition coefficient (Wildman–Crippen LogP) is 2.81. The van der Waals surface area contributed by atoms with Crippen LogP contribution >= 0.6 is 11.3 Å². The average molecular weight is 307 g/mol. The Bertz CT molecular complexity index is 654. The lowest BCUT2D eigenvalue weighted by atomic mass is 10.2. The number of hydrogen-bond acceptors (Lipinski definition) is 4. The second-order valence-corrected chi connectivity index (χ2v) is 6.09. The largest absolute Gasteiger partial charge is 0.397 e. The molecule has 0 atom stereocenters. The molecule has 0 fully saturated rings. The smallest absolute Gasteiger partial charge is 0.265 e. The maximum atomic E-state index is 13.2. The highest BCUT2D eigenvalue weighted by molar-refractivity contribution is 7.18. The molecule has 1 aromatic carbocycles. The number of carbonyl (C=O) groups excluding carboxylic acids is 1. The zero-order chi connectivity index (χ0) is 15.6. The van der Waals surface area contributed by atoms with Crippen LogP contribution in [0.1, 0.15) is 15.2 Å². The fraction of sp³-hybridized carbons (Fsp3) is 0.267. The SMILES string of the molecule is CN(C)C(=O)c1sc(N(C)Cc2cccc(F)c2)cc1N. The monoisotopic (exact) mass is 307 g/mol. The number of nitrogens with two attached hydrogens (primary N) is 1. The van der Waals surface area contributed by atoms with Crippen LogP contribution in [0, 0.1) is 5.82 Å². The molecule has 0 saturated carbocycles. The van der Waals surface area contributed by atoms with Gasteiger partial charge in [-0.2, -0.15) is 0 Å². The summed E-state index contributed by atoms with van der Waals surface area (Å²) in [5, 5.41) is 0.877. The average Bonchev–Trinajstić information content (AvgIpc) is 2.80. The maximum absolute atomic E-state index is 13.2. The molecule has 112 valence electrons. The maximum Gasteiger partial charge on any atom is 0.265 e. The van der Waals surface area contributed by atoms with Crippen LogP contribution in [0.15, 0.2) is 30.3 Å². The Hall–Kier alpha value is -2.08. The number of thiophene rings is 1. The van der Waals surface area contributed by atoms with Gasteiger partial charge in [0.1, 0.15) is 10.7 Å². The van der Waals surface area contributed by atoms with Crippen molar-refractivity contribution in [3.05, 3.63) is 46.6 Å². The van der Waals surface area contributed by atoms with E-state index in [1.54, 1.807) is 26.2 Å². The van der Waals surface area contributed by atoms with Gasteiger partial charge in [-0.05, 0) is 23.8 Å². The van der Waals surface area contributed by atoms with E-state index in [0.717, 1.165) is 10.6 Å². The van der Waals surface area contributed by atoms with Crippen molar-refractivity contribution in [1.82, 2.24) is 4.90 Å². The zero-order valence-electron chi connectivity index (χ0n) is 12.3. The van der Waals surface area contributed by atoms with Gasteiger partial charge < -0.3 is 15.5 Å². The van der Waals surface area contributed by atoms with Crippen LogP contribution in [0.3, 0.4) is 0 Å². The van der Waals surface area contributed by atoms with Gasteiger partial charge in [0.2, 0.25) is 0 Å². The first-order valence-electron chi connectivity index (χ1n) is 6.45. The fourth-order valence-corrected chi connectivity index (χ4v) is 3.00. The van der Waals surface area contributed by atoms with Gasteiger partial charge in [-0.25, -0.2) is 4.39 Å². The molecule has 1 aromatic heterocycles. The normalized spacial score (nSPS) is 10.5. The van der Waals surface area contributed by atoms with Gasteiger partial charge >= 0.3 is 0 Å². The summed E-state index contributed by atoms with van der Waals surface area (Å²) in [6.45, 7) is 0.549. The van der Waals surface area contributed by atoms with Crippen LogP contribution in [0.4, 0.5) is 15.1 Å². The summed E-state index contributed by atoms with van der Waals surface area (Å²) in [7, 11) is 5.27. The van der Waals surface area contributed by atoms with E-state index in [1.807, 2.05) is 18.0 Å². The number of rotatable bonds is 4. The van der Waals surface area contributed by atoms with Crippen LogP contribution in [0.25, 0.3) is 0 Å². The van der Waals surface area contributed by atoms with Crippen molar-refractivity contribution in [1.29, 1.82) is 0 Å². The third-order valence-electron chi connectivity index (χ3n) is 3.03. The number of amides is 1. The van der Waals surface area contributed by atoms with Crippen molar-refractivity contribution in [3.8, 4) is 0 Å². The third-order valence-corrected chi connectivity index (χ3v) is 4.29. The van der Waals surface area contributed by atoms with Gasteiger partial charge in [-0.3, -0.25) is 4.79 Å². The summed E-state index contributed by atoms with van der Waals surface area (Å²) in [4.78, 5) is 16.0. The van der Waals surface area contributed by atoms with Gasteiger partial charge in [0.25, 0.3) is 5.91 Å². The van der Waals surface area contributed by atoms with E-state index in [1.165, 1.54) is 28.4 Å². The topological polar surface area (TPSA) is 49.6 Å². The number of nitrogens with zero attached hydrogens (tertiary/aromatic N) is 2. The van der Waals surface area contributed by atoms with E-state index in [4.69, 9.17) is 5.73 Å². The highest BCUT2D eigenvalue weighted by Crippen LogP contribution is 2.33. The molecule has 0 saturated heterocycles. The molecule has 0 bridgehead atoms. The standard InChI is InChI=1S/C15H18FN3OS/c1-18(2)15(20)14-12(17)8-13(21-14)19(3)9-10-5-4-6-11(16)7-10/h4-8H,9,17H2,1-3H3. The Morgan fingerprint density at radius 2 is 2.00 bits per heavy atom. The minimum atomic E-state index is -0.255. The Kier molecular flexibility index (Phi) is 4.47. The molecule has 2 N–H and O–H groups in total. The Morgan fingerprint density at radius 3 is 2.62 bits per heavy atom. The van der Waals surface area contributed by atoms with Crippen molar-refractivity contribution < 1.29 is 9.18 Å². The lowest BCUT2D eigenvalue weighted by Crippen LogP contribution is -2.21. The Morgan fingerprint density at radius 1 is 1.29 bits per heavy atom. The van der Waals surface area contributed by atoms with E-state index < -0.39 is 0 Å². The summed E-state index contributed by atoms with van der Waals surface area (Å²) >= 11 is 1.34. The molecule has 0 unspecified atom stereocenters. The molecule has 6 heteroatoms. The van der Waals surface area contributed by atoms with E-state index in [9.17, 15) is 9.18 Å². The highest BCUT2D eigenvalue weighted by Gasteiger charge is 2.17. The van der Waals surface area contributed by atoms with Crippen molar-refractivity contribution in [3.63, 3.8) is 0 Å².